The van der Waals surface area contributed by atoms with Crippen LogP contribution >= 0.6 is 0 Å². The van der Waals surface area contributed by atoms with Crippen molar-refractivity contribution in [1.82, 2.24) is 0 Å². The van der Waals surface area contributed by atoms with E-state index in [1.165, 1.54) is 142 Å². The lowest BCUT2D eigenvalue weighted by Crippen LogP contribution is -2.08. The van der Waals surface area contributed by atoms with Crippen molar-refractivity contribution in [2.45, 2.75) is 180 Å². The molecule has 198 valence electrons. The molecule has 1 unspecified atom stereocenters. The van der Waals surface area contributed by atoms with E-state index in [2.05, 4.69) is 11.7 Å². The minimum Gasteiger partial charge on any atom is -0.469 e. The van der Waals surface area contributed by atoms with Gasteiger partial charge in [0.15, 0.2) is 0 Å². The van der Waals surface area contributed by atoms with Crippen LogP contribution in [0, 0.1) is 0 Å². The Kier molecular flexibility index (Phi) is 27.2. The van der Waals surface area contributed by atoms with Crippen LogP contribution < -0.4 is 0 Å². The summed E-state index contributed by atoms with van der Waals surface area (Å²) in [6.07, 6.45) is 33.3. The highest BCUT2D eigenvalue weighted by atomic mass is 16.5. The smallest absolute Gasteiger partial charge is 0.305 e. The molecular formula is C30H60O3. The summed E-state index contributed by atoms with van der Waals surface area (Å²) >= 11 is 0. The van der Waals surface area contributed by atoms with E-state index >= 15 is 0 Å². The average Bonchev–Trinajstić information content (AvgIpc) is 2.82. The van der Waals surface area contributed by atoms with Gasteiger partial charge in [-0.1, -0.05) is 148 Å². The molecule has 0 amide bonds. The molecule has 0 aliphatic carbocycles. The molecule has 3 heteroatoms. The van der Waals surface area contributed by atoms with Gasteiger partial charge in [0.1, 0.15) is 0 Å². The van der Waals surface area contributed by atoms with Crippen LogP contribution in [0.3, 0.4) is 0 Å². The molecule has 0 heterocycles. The molecule has 0 aromatic carbocycles. The fourth-order valence-electron chi connectivity index (χ4n) is 4.72. The van der Waals surface area contributed by atoms with Crippen LogP contribution in [0.2, 0.25) is 0 Å². The molecule has 0 saturated heterocycles. The van der Waals surface area contributed by atoms with E-state index in [-0.39, 0.29) is 12.1 Å². The summed E-state index contributed by atoms with van der Waals surface area (Å²) in [5.41, 5.74) is 0. The van der Waals surface area contributed by atoms with Crippen molar-refractivity contribution in [1.29, 1.82) is 0 Å². The normalized spacial score (nSPS) is 12.2. The molecule has 0 bridgehead atoms. The van der Waals surface area contributed by atoms with E-state index in [1.807, 2.05) is 0 Å². The van der Waals surface area contributed by atoms with E-state index in [0.29, 0.717) is 12.8 Å². The Morgan fingerprint density at radius 2 is 0.848 bits per heavy atom. The summed E-state index contributed by atoms with van der Waals surface area (Å²) < 4.78 is 4.62. The lowest BCUT2D eigenvalue weighted by Gasteiger charge is -2.09. The van der Waals surface area contributed by atoms with Gasteiger partial charge in [-0.15, -0.1) is 0 Å². The van der Waals surface area contributed by atoms with Crippen molar-refractivity contribution in [3.8, 4) is 0 Å². The zero-order chi connectivity index (χ0) is 24.2. The predicted molar refractivity (Wildman–Crippen MR) is 144 cm³/mol. The quantitative estimate of drug-likeness (QED) is 0.0963. The second kappa shape index (κ2) is 27.7. The fourth-order valence-corrected chi connectivity index (χ4v) is 4.72. The maximum absolute atomic E-state index is 11.1. The van der Waals surface area contributed by atoms with Crippen LogP contribution in [0.4, 0.5) is 0 Å². The van der Waals surface area contributed by atoms with E-state index < -0.39 is 0 Å². The Morgan fingerprint density at radius 3 is 1.18 bits per heavy atom. The molecule has 0 aliphatic rings. The third kappa shape index (κ3) is 27.6. The summed E-state index contributed by atoms with van der Waals surface area (Å²) in [6, 6.07) is 0. The highest BCUT2D eigenvalue weighted by Gasteiger charge is 2.06. The van der Waals surface area contributed by atoms with Crippen LogP contribution in [-0.2, 0) is 9.53 Å². The van der Waals surface area contributed by atoms with Gasteiger partial charge in [-0.3, -0.25) is 4.79 Å². The van der Waals surface area contributed by atoms with Gasteiger partial charge in [0, 0.05) is 6.42 Å². The molecule has 33 heavy (non-hydrogen) atoms. The molecule has 0 rings (SSSR count). The average molecular weight is 469 g/mol. The monoisotopic (exact) mass is 468 g/mol. The highest BCUT2D eigenvalue weighted by molar-refractivity contribution is 5.68. The lowest BCUT2D eigenvalue weighted by molar-refractivity contribution is -0.140. The number of esters is 1. The largest absolute Gasteiger partial charge is 0.469 e. The maximum Gasteiger partial charge on any atom is 0.305 e. The van der Waals surface area contributed by atoms with Gasteiger partial charge < -0.3 is 9.84 Å². The van der Waals surface area contributed by atoms with E-state index in [4.69, 9.17) is 0 Å². The Hall–Kier alpha value is -0.570. The van der Waals surface area contributed by atoms with Crippen LogP contribution in [0.1, 0.15) is 174 Å². The molecule has 1 atom stereocenters. The van der Waals surface area contributed by atoms with Crippen molar-refractivity contribution in [3.05, 3.63) is 0 Å². The lowest BCUT2D eigenvalue weighted by atomic mass is 10.0. The zero-order valence-electron chi connectivity index (χ0n) is 22.7. The van der Waals surface area contributed by atoms with Crippen LogP contribution in [0.5, 0.6) is 0 Å². The van der Waals surface area contributed by atoms with Crippen molar-refractivity contribution in [2.75, 3.05) is 7.11 Å². The van der Waals surface area contributed by atoms with Gasteiger partial charge in [-0.05, 0) is 19.3 Å². The number of rotatable bonds is 27. The van der Waals surface area contributed by atoms with Crippen molar-refractivity contribution >= 4 is 5.97 Å². The molecule has 0 fully saturated rings. The number of ether oxygens (including phenoxy) is 1. The summed E-state index contributed by atoms with van der Waals surface area (Å²) in [5, 5.41) is 9.95. The minimum absolute atomic E-state index is 0.174. The summed E-state index contributed by atoms with van der Waals surface area (Å²) in [7, 11) is 1.42. The number of hydrogen-bond donors (Lipinski definition) is 1. The third-order valence-corrected chi connectivity index (χ3v) is 7.04. The number of carbonyl (C=O) groups is 1. The van der Waals surface area contributed by atoms with Crippen LogP contribution in [0.15, 0.2) is 0 Å². The Balaban J connectivity index is 3.11. The van der Waals surface area contributed by atoms with Gasteiger partial charge >= 0.3 is 5.97 Å². The fraction of sp³-hybridized carbons (Fsp3) is 0.967. The minimum atomic E-state index is -0.250. The molecular weight excluding hydrogens is 408 g/mol. The topological polar surface area (TPSA) is 46.5 Å². The van der Waals surface area contributed by atoms with Gasteiger partial charge in [-0.25, -0.2) is 0 Å². The third-order valence-electron chi connectivity index (χ3n) is 7.04. The maximum atomic E-state index is 11.1. The van der Waals surface area contributed by atoms with E-state index in [0.717, 1.165) is 19.3 Å². The number of carbonyl (C=O) groups excluding carboxylic acids is 1. The van der Waals surface area contributed by atoms with Gasteiger partial charge in [0.25, 0.3) is 0 Å². The number of methoxy groups -OCH3 is 1. The standard InChI is InChI=1S/C30H60O3/c1-3-4-5-6-7-8-9-10-11-12-13-14-15-16-17-18-19-20-21-22-23-24-26-29(31)27-25-28-30(32)33-2/h29,31H,3-28H2,1-2H3. The zero-order valence-corrected chi connectivity index (χ0v) is 22.7. The second-order valence-electron chi connectivity index (χ2n) is 10.3. The summed E-state index contributed by atoms with van der Waals surface area (Å²) in [4.78, 5) is 11.1. The van der Waals surface area contributed by atoms with Gasteiger partial charge in [0.2, 0.25) is 0 Å². The first-order valence-electron chi connectivity index (χ1n) is 15.0. The summed E-state index contributed by atoms with van der Waals surface area (Å²) in [6.45, 7) is 2.29. The SMILES string of the molecule is CCCCCCCCCCCCCCCCCCCCCCCCC(O)CCCC(=O)OC. The van der Waals surface area contributed by atoms with E-state index in [1.54, 1.807) is 0 Å². The predicted octanol–water partition coefficient (Wildman–Crippen LogP) is 9.68. The summed E-state index contributed by atoms with van der Waals surface area (Å²) in [5.74, 6) is -0.174. The van der Waals surface area contributed by atoms with Gasteiger partial charge in [0.05, 0.1) is 13.2 Å². The Morgan fingerprint density at radius 1 is 0.545 bits per heavy atom. The Bertz CT molecular complexity index is 383. The van der Waals surface area contributed by atoms with Crippen LogP contribution in [-0.4, -0.2) is 24.3 Å². The van der Waals surface area contributed by atoms with Crippen molar-refractivity contribution < 1.29 is 14.6 Å². The van der Waals surface area contributed by atoms with Crippen molar-refractivity contribution in [2.24, 2.45) is 0 Å². The molecule has 0 spiro atoms. The van der Waals surface area contributed by atoms with Crippen molar-refractivity contribution in [3.63, 3.8) is 0 Å². The molecule has 0 saturated carbocycles. The number of aliphatic hydroxyl groups is 1. The molecule has 0 radical (unpaired) electrons. The number of unbranched alkanes of at least 4 members (excludes halogenated alkanes) is 21. The van der Waals surface area contributed by atoms with Crippen LogP contribution in [0.25, 0.3) is 0 Å². The molecule has 3 nitrogen and oxygen atoms in total. The molecule has 0 aromatic rings. The molecule has 1 N–H and O–H groups in total. The van der Waals surface area contributed by atoms with Gasteiger partial charge in [-0.2, -0.15) is 0 Å². The highest BCUT2D eigenvalue weighted by Crippen LogP contribution is 2.16. The molecule has 0 aromatic heterocycles. The molecule has 0 aliphatic heterocycles. The first-order valence-corrected chi connectivity index (χ1v) is 15.0. The number of aliphatic hydroxyl groups excluding tert-OH is 1. The Labute approximate surface area is 207 Å². The number of hydrogen-bond acceptors (Lipinski definition) is 3. The first-order chi connectivity index (χ1) is 16.2. The second-order valence-corrected chi connectivity index (χ2v) is 10.3. The van der Waals surface area contributed by atoms with E-state index in [9.17, 15) is 9.90 Å². The first kappa shape index (κ1) is 32.4.